The summed E-state index contributed by atoms with van der Waals surface area (Å²) in [5, 5.41) is 11.9. The third kappa shape index (κ3) is 4.15. The van der Waals surface area contributed by atoms with Crippen LogP contribution in [0.4, 0.5) is 0 Å². The smallest absolute Gasteiger partial charge is 0.325 e. The molecule has 0 bridgehead atoms. The molecule has 0 spiro atoms. The summed E-state index contributed by atoms with van der Waals surface area (Å²) in [5.41, 5.74) is 0. The Hall–Kier alpha value is -0.650. The van der Waals surface area contributed by atoms with E-state index >= 15 is 0 Å². The number of carbonyl (C=O) groups excluding carboxylic acids is 1. The minimum atomic E-state index is -0.630. The Kier molecular flexibility index (Phi) is 5.60. The zero-order valence-electron chi connectivity index (χ0n) is 9.07. The molecular weight excluding hydrogens is 198 g/mol. The van der Waals surface area contributed by atoms with E-state index in [0.29, 0.717) is 13.2 Å². The molecule has 88 valence electrons. The molecule has 1 saturated heterocycles. The molecule has 5 nitrogen and oxygen atoms in total. The van der Waals surface area contributed by atoms with Crippen molar-refractivity contribution < 1.29 is 19.4 Å². The SMILES string of the molecule is CCOC(=O)C(CO)NCC1CCCO1. The van der Waals surface area contributed by atoms with Crippen LogP contribution in [-0.4, -0.2) is 49.6 Å². The molecule has 0 aromatic rings. The molecule has 1 fully saturated rings. The Morgan fingerprint density at radius 2 is 2.53 bits per heavy atom. The Morgan fingerprint density at radius 3 is 3.07 bits per heavy atom. The van der Waals surface area contributed by atoms with E-state index in [9.17, 15) is 4.79 Å². The van der Waals surface area contributed by atoms with Crippen LogP contribution >= 0.6 is 0 Å². The molecule has 0 radical (unpaired) electrons. The van der Waals surface area contributed by atoms with E-state index in [-0.39, 0.29) is 12.7 Å². The summed E-state index contributed by atoms with van der Waals surface area (Å²) in [6, 6.07) is -0.630. The molecule has 1 aliphatic heterocycles. The van der Waals surface area contributed by atoms with Crippen molar-refractivity contribution in [3.8, 4) is 0 Å². The van der Waals surface area contributed by atoms with Gasteiger partial charge >= 0.3 is 5.97 Å². The van der Waals surface area contributed by atoms with Crippen molar-refractivity contribution in [3.05, 3.63) is 0 Å². The van der Waals surface area contributed by atoms with Crippen molar-refractivity contribution in [2.24, 2.45) is 0 Å². The first kappa shape index (κ1) is 12.4. The zero-order valence-corrected chi connectivity index (χ0v) is 9.07. The van der Waals surface area contributed by atoms with Gasteiger partial charge in [-0.05, 0) is 19.8 Å². The van der Waals surface area contributed by atoms with Crippen LogP contribution in [0, 0.1) is 0 Å². The van der Waals surface area contributed by atoms with Gasteiger partial charge in [-0.3, -0.25) is 10.1 Å². The van der Waals surface area contributed by atoms with Crippen LogP contribution in [0.2, 0.25) is 0 Å². The van der Waals surface area contributed by atoms with Gasteiger partial charge in [0.2, 0.25) is 0 Å². The third-order valence-corrected chi connectivity index (χ3v) is 2.37. The molecule has 2 unspecified atom stereocenters. The van der Waals surface area contributed by atoms with Gasteiger partial charge in [-0.15, -0.1) is 0 Å². The molecule has 1 rings (SSSR count). The number of ether oxygens (including phenoxy) is 2. The highest BCUT2D eigenvalue weighted by Gasteiger charge is 2.21. The first-order valence-electron chi connectivity index (χ1n) is 5.40. The lowest BCUT2D eigenvalue weighted by Crippen LogP contribution is -2.44. The third-order valence-electron chi connectivity index (χ3n) is 2.37. The molecule has 0 saturated carbocycles. The highest BCUT2D eigenvalue weighted by atomic mass is 16.5. The van der Waals surface area contributed by atoms with Gasteiger partial charge in [-0.2, -0.15) is 0 Å². The molecule has 5 heteroatoms. The summed E-state index contributed by atoms with van der Waals surface area (Å²) >= 11 is 0. The fourth-order valence-corrected chi connectivity index (χ4v) is 1.54. The minimum absolute atomic E-state index is 0.161. The van der Waals surface area contributed by atoms with Gasteiger partial charge < -0.3 is 14.6 Å². The molecule has 1 heterocycles. The van der Waals surface area contributed by atoms with Gasteiger partial charge in [0.15, 0.2) is 0 Å². The van der Waals surface area contributed by atoms with Gasteiger partial charge in [-0.25, -0.2) is 0 Å². The number of hydrogen-bond acceptors (Lipinski definition) is 5. The largest absolute Gasteiger partial charge is 0.465 e. The Labute approximate surface area is 89.8 Å². The van der Waals surface area contributed by atoms with Crippen molar-refractivity contribution in [1.82, 2.24) is 5.32 Å². The van der Waals surface area contributed by atoms with E-state index in [1.807, 2.05) is 0 Å². The van der Waals surface area contributed by atoms with Crippen LogP contribution in [0.15, 0.2) is 0 Å². The molecule has 1 aliphatic rings. The molecular formula is C10H19NO4. The number of rotatable bonds is 6. The lowest BCUT2D eigenvalue weighted by molar-refractivity contribution is -0.146. The van der Waals surface area contributed by atoms with Crippen molar-refractivity contribution in [2.75, 3.05) is 26.4 Å². The molecule has 15 heavy (non-hydrogen) atoms. The average Bonchev–Trinajstić information content (AvgIpc) is 2.72. The normalized spacial score (nSPS) is 22.7. The van der Waals surface area contributed by atoms with E-state index in [1.54, 1.807) is 6.92 Å². The van der Waals surface area contributed by atoms with Gasteiger partial charge in [0.1, 0.15) is 6.04 Å². The first-order valence-corrected chi connectivity index (χ1v) is 5.40. The minimum Gasteiger partial charge on any atom is -0.465 e. The lowest BCUT2D eigenvalue weighted by Gasteiger charge is -2.17. The Balaban J connectivity index is 2.23. The monoisotopic (exact) mass is 217 g/mol. The summed E-state index contributed by atoms with van der Waals surface area (Å²) < 4.78 is 10.2. The number of aliphatic hydroxyl groups is 1. The topological polar surface area (TPSA) is 67.8 Å². The summed E-state index contributed by atoms with van der Waals surface area (Å²) in [4.78, 5) is 11.3. The summed E-state index contributed by atoms with van der Waals surface area (Å²) in [6.07, 6.45) is 2.23. The van der Waals surface area contributed by atoms with E-state index < -0.39 is 12.0 Å². The van der Waals surface area contributed by atoms with E-state index in [1.165, 1.54) is 0 Å². The summed E-state index contributed by atoms with van der Waals surface area (Å²) in [7, 11) is 0. The van der Waals surface area contributed by atoms with Crippen LogP contribution in [-0.2, 0) is 14.3 Å². The van der Waals surface area contributed by atoms with Crippen LogP contribution < -0.4 is 5.32 Å². The number of esters is 1. The van der Waals surface area contributed by atoms with Gasteiger partial charge in [0.05, 0.1) is 19.3 Å². The van der Waals surface area contributed by atoms with Crippen molar-refractivity contribution in [1.29, 1.82) is 0 Å². The number of hydrogen-bond donors (Lipinski definition) is 2. The van der Waals surface area contributed by atoms with Crippen molar-refractivity contribution in [2.45, 2.75) is 31.9 Å². The van der Waals surface area contributed by atoms with Crippen LogP contribution in [0.1, 0.15) is 19.8 Å². The predicted octanol–water partition coefficient (Wildman–Crippen LogP) is -0.321. The van der Waals surface area contributed by atoms with Crippen LogP contribution in [0.25, 0.3) is 0 Å². The van der Waals surface area contributed by atoms with Crippen LogP contribution in [0.5, 0.6) is 0 Å². The summed E-state index contributed by atoms with van der Waals surface area (Å²) in [5.74, 6) is -0.405. The van der Waals surface area contributed by atoms with Gasteiger partial charge in [0, 0.05) is 13.2 Å². The highest BCUT2D eigenvalue weighted by Crippen LogP contribution is 2.10. The van der Waals surface area contributed by atoms with Crippen molar-refractivity contribution >= 4 is 5.97 Å². The number of carbonyl (C=O) groups is 1. The maximum Gasteiger partial charge on any atom is 0.325 e. The zero-order chi connectivity index (χ0) is 11.1. The average molecular weight is 217 g/mol. The second-order valence-corrected chi connectivity index (χ2v) is 3.53. The Morgan fingerprint density at radius 1 is 1.73 bits per heavy atom. The van der Waals surface area contributed by atoms with E-state index in [0.717, 1.165) is 19.4 Å². The van der Waals surface area contributed by atoms with Crippen LogP contribution in [0.3, 0.4) is 0 Å². The number of nitrogens with one attached hydrogen (secondary N) is 1. The standard InChI is InChI=1S/C10H19NO4/c1-2-14-10(13)9(7-12)11-6-8-4-3-5-15-8/h8-9,11-12H,2-7H2,1H3. The fourth-order valence-electron chi connectivity index (χ4n) is 1.54. The Bertz CT molecular complexity index is 192. The molecule has 0 amide bonds. The number of aliphatic hydroxyl groups excluding tert-OH is 1. The van der Waals surface area contributed by atoms with E-state index in [2.05, 4.69) is 5.32 Å². The quantitative estimate of drug-likeness (QED) is 0.597. The van der Waals surface area contributed by atoms with Crippen molar-refractivity contribution in [3.63, 3.8) is 0 Å². The molecule has 0 aromatic heterocycles. The molecule has 0 aliphatic carbocycles. The highest BCUT2D eigenvalue weighted by molar-refractivity contribution is 5.75. The predicted molar refractivity (Wildman–Crippen MR) is 54.5 cm³/mol. The maximum absolute atomic E-state index is 11.3. The molecule has 0 aromatic carbocycles. The second-order valence-electron chi connectivity index (χ2n) is 3.53. The maximum atomic E-state index is 11.3. The fraction of sp³-hybridized carbons (Fsp3) is 0.900. The first-order chi connectivity index (χ1) is 7.27. The van der Waals surface area contributed by atoms with Gasteiger partial charge in [0.25, 0.3) is 0 Å². The van der Waals surface area contributed by atoms with Gasteiger partial charge in [-0.1, -0.05) is 0 Å². The lowest BCUT2D eigenvalue weighted by atomic mass is 10.2. The van der Waals surface area contributed by atoms with E-state index in [4.69, 9.17) is 14.6 Å². The molecule has 2 atom stereocenters. The summed E-state index contributed by atoms with van der Waals surface area (Å²) in [6.45, 7) is 3.20. The molecule has 2 N–H and O–H groups in total. The second kappa shape index (κ2) is 6.76.